The van der Waals surface area contributed by atoms with Crippen molar-refractivity contribution in [3.05, 3.63) is 11.9 Å². The highest BCUT2D eigenvalue weighted by Gasteiger charge is 2.43. The predicted octanol–water partition coefficient (Wildman–Crippen LogP) is 2.25. The third-order valence-corrected chi connectivity index (χ3v) is 3.09. The molecule has 1 aromatic heterocycles. The smallest absolute Gasteiger partial charge is 0.394 e. The van der Waals surface area contributed by atoms with Gasteiger partial charge in [-0.3, -0.25) is 0 Å². The number of aliphatic hydroxyl groups excluding tert-OH is 1. The fraction of sp³-hybridized carbons (Fsp3) is 0.667. The van der Waals surface area contributed by atoms with Crippen LogP contribution in [-0.4, -0.2) is 33.8 Å². The summed E-state index contributed by atoms with van der Waals surface area (Å²) in [5, 5.41) is 14.9. The zero-order chi connectivity index (χ0) is 14.8. The minimum Gasteiger partial charge on any atom is -0.394 e. The first-order chi connectivity index (χ1) is 9.38. The average Bonchev–Trinajstić information content (AvgIpc) is 3.15. The molecule has 1 aromatic rings. The molecule has 0 amide bonds. The van der Waals surface area contributed by atoms with Crippen molar-refractivity contribution in [3.8, 4) is 0 Å². The fourth-order valence-corrected chi connectivity index (χ4v) is 1.73. The highest BCUT2D eigenvalue weighted by molar-refractivity contribution is 5.50. The van der Waals surface area contributed by atoms with Crippen LogP contribution in [0, 0.1) is 0 Å². The van der Waals surface area contributed by atoms with Gasteiger partial charge in [-0.1, -0.05) is 6.92 Å². The van der Waals surface area contributed by atoms with Gasteiger partial charge >= 0.3 is 6.18 Å². The van der Waals surface area contributed by atoms with Crippen LogP contribution in [0.1, 0.15) is 32.0 Å². The highest BCUT2D eigenvalue weighted by atomic mass is 19.4. The SMILES string of the molecule is CCCNc1cc(NC2(CO)CC2)nc(C(F)(F)F)n1. The molecule has 5 nitrogen and oxygen atoms in total. The molecule has 0 spiro atoms. The van der Waals surface area contributed by atoms with Gasteiger partial charge in [0.05, 0.1) is 12.1 Å². The lowest BCUT2D eigenvalue weighted by Crippen LogP contribution is -2.27. The Kier molecular flexibility index (Phi) is 4.03. The molecule has 112 valence electrons. The van der Waals surface area contributed by atoms with Gasteiger partial charge in [-0.2, -0.15) is 13.2 Å². The Hall–Kier alpha value is -1.57. The number of hydrogen-bond donors (Lipinski definition) is 3. The lowest BCUT2D eigenvalue weighted by Gasteiger charge is -2.17. The summed E-state index contributed by atoms with van der Waals surface area (Å²) in [6.07, 6.45) is -2.40. The number of anilines is 2. The summed E-state index contributed by atoms with van der Waals surface area (Å²) in [6.45, 7) is 2.30. The minimum absolute atomic E-state index is 0.0810. The number of alkyl halides is 3. The largest absolute Gasteiger partial charge is 0.451 e. The summed E-state index contributed by atoms with van der Waals surface area (Å²) in [7, 11) is 0. The standard InChI is InChI=1S/C12H17F3N4O/c1-2-5-16-8-6-9(19-11(7-20)3-4-11)18-10(17-8)12(13,14)15/h6,20H,2-5,7H2,1H3,(H2,16,17,18,19). The number of rotatable bonds is 6. The van der Waals surface area contributed by atoms with Crippen molar-refractivity contribution in [1.29, 1.82) is 0 Å². The van der Waals surface area contributed by atoms with E-state index in [0.29, 0.717) is 19.4 Å². The van der Waals surface area contributed by atoms with Crippen molar-refractivity contribution < 1.29 is 18.3 Å². The van der Waals surface area contributed by atoms with Crippen molar-refractivity contribution in [2.24, 2.45) is 0 Å². The summed E-state index contributed by atoms with van der Waals surface area (Å²) < 4.78 is 38.3. The van der Waals surface area contributed by atoms with E-state index in [2.05, 4.69) is 20.6 Å². The van der Waals surface area contributed by atoms with Gasteiger partial charge in [0.1, 0.15) is 11.6 Å². The van der Waals surface area contributed by atoms with Crippen LogP contribution in [0.3, 0.4) is 0 Å². The Morgan fingerprint density at radius 3 is 2.45 bits per heavy atom. The molecule has 0 radical (unpaired) electrons. The van der Waals surface area contributed by atoms with Gasteiger partial charge in [0, 0.05) is 12.6 Å². The monoisotopic (exact) mass is 290 g/mol. The maximum atomic E-state index is 12.8. The molecule has 3 N–H and O–H groups in total. The number of nitrogens with zero attached hydrogens (tertiary/aromatic N) is 2. The molecule has 0 aromatic carbocycles. The van der Waals surface area contributed by atoms with Crippen LogP contribution in [0.25, 0.3) is 0 Å². The first-order valence-electron chi connectivity index (χ1n) is 6.48. The van der Waals surface area contributed by atoms with E-state index in [1.807, 2.05) is 6.92 Å². The first-order valence-corrected chi connectivity index (χ1v) is 6.48. The van der Waals surface area contributed by atoms with Crippen LogP contribution >= 0.6 is 0 Å². The molecule has 1 fully saturated rings. The average molecular weight is 290 g/mol. The van der Waals surface area contributed by atoms with E-state index < -0.39 is 17.5 Å². The van der Waals surface area contributed by atoms with Crippen LogP contribution < -0.4 is 10.6 Å². The number of halogens is 3. The Bertz CT molecular complexity index is 474. The highest BCUT2D eigenvalue weighted by Crippen LogP contribution is 2.38. The minimum atomic E-state index is -4.60. The third kappa shape index (κ3) is 3.50. The van der Waals surface area contributed by atoms with Crippen molar-refractivity contribution in [3.63, 3.8) is 0 Å². The van der Waals surface area contributed by atoms with E-state index in [9.17, 15) is 18.3 Å². The molecule has 2 rings (SSSR count). The number of nitrogens with one attached hydrogen (secondary N) is 2. The second kappa shape index (κ2) is 5.43. The Morgan fingerprint density at radius 2 is 1.95 bits per heavy atom. The maximum absolute atomic E-state index is 12.8. The Balaban J connectivity index is 2.25. The van der Waals surface area contributed by atoms with Gasteiger partial charge in [0.2, 0.25) is 5.82 Å². The van der Waals surface area contributed by atoms with E-state index in [-0.39, 0.29) is 18.2 Å². The predicted molar refractivity (Wildman–Crippen MR) is 68.5 cm³/mol. The Morgan fingerprint density at radius 1 is 1.30 bits per heavy atom. The Labute approximate surface area is 114 Å². The fourth-order valence-electron chi connectivity index (χ4n) is 1.73. The molecule has 1 aliphatic carbocycles. The third-order valence-electron chi connectivity index (χ3n) is 3.09. The van der Waals surface area contributed by atoms with Gasteiger partial charge in [0.15, 0.2) is 0 Å². The van der Waals surface area contributed by atoms with Crippen molar-refractivity contribution in [2.75, 3.05) is 23.8 Å². The molecule has 1 heterocycles. The summed E-state index contributed by atoms with van der Waals surface area (Å²) in [6, 6.07) is 1.43. The molecule has 1 aliphatic rings. The number of aromatic nitrogens is 2. The molecule has 8 heteroatoms. The maximum Gasteiger partial charge on any atom is 0.451 e. The number of aliphatic hydroxyl groups is 1. The normalized spacial score (nSPS) is 16.9. The van der Waals surface area contributed by atoms with E-state index in [0.717, 1.165) is 6.42 Å². The molecular formula is C12H17F3N4O. The van der Waals surface area contributed by atoms with E-state index in [1.54, 1.807) is 0 Å². The van der Waals surface area contributed by atoms with E-state index >= 15 is 0 Å². The molecule has 0 saturated heterocycles. The van der Waals surface area contributed by atoms with Gasteiger partial charge in [-0.05, 0) is 19.3 Å². The van der Waals surface area contributed by atoms with Gasteiger partial charge in [-0.15, -0.1) is 0 Å². The second-order valence-electron chi connectivity index (χ2n) is 4.95. The van der Waals surface area contributed by atoms with Crippen LogP contribution in [0.2, 0.25) is 0 Å². The lowest BCUT2D eigenvalue weighted by molar-refractivity contribution is -0.144. The topological polar surface area (TPSA) is 70.1 Å². The van der Waals surface area contributed by atoms with Crippen molar-refractivity contribution in [1.82, 2.24) is 9.97 Å². The first kappa shape index (κ1) is 14.8. The molecule has 0 aliphatic heterocycles. The molecule has 1 saturated carbocycles. The molecule has 20 heavy (non-hydrogen) atoms. The zero-order valence-electron chi connectivity index (χ0n) is 11.1. The van der Waals surface area contributed by atoms with Gasteiger partial charge < -0.3 is 15.7 Å². The zero-order valence-corrected chi connectivity index (χ0v) is 11.1. The molecule has 0 unspecified atom stereocenters. The van der Waals surface area contributed by atoms with Crippen molar-refractivity contribution >= 4 is 11.6 Å². The number of hydrogen-bond acceptors (Lipinski definition) is 5. The van der Waals surface area contributed by atoms with Gasteiger partial charge in [-0.25, -0.2) is 9.97 Å². The molecule has 0 atom stereocenters. The molecule has 0 bridgehead atoms. The quantitative estimate of drug-likeness (QED) is 0.749. The second-order valence-corrected chi connectivity index (χ2v) is 4.95. The van der Waals surface area contributed by atoms with Crippen LogP contribution in [0.5, 0.6) is 0 Å². The van der Waals surface area contributed by atoms with Crippen molar-refractivity contribution in [2.45, 2.75) is 37.9 Å². The van der Waals surface area contributed by atoms with Crippen LogP contribution in [0.4, 0.5) is 24.8 Å². The van der Waals surface area contributed by atoms with Crippen LogP contribution in [-0.2, 0) is 6.18 Å². The van der Waals surface area contributed by atoms with Crippen LogP contribution in [0.15, 0.2) is 6.07 Å². The summed E-state index contributed by atoms with van der Waals surface area (Å²) >= 11 is 0. The van der Waals surface area contributed by atoms with E-state index in [4.69, 9.17) is 0 Å². The summed E-state index contributed by atoms with van der Waals surface area (Å²) in [5.74, 6) is -0.974. The summed E-state index contributed by atoms with van der Waals surface area (Å²) in [5.41, 5.74) is -0.529. The molecular weight excluding hydrogens is 273 g/mol. The van der Waals surface area contributed by atoms with E-state index in [1.165, 1.54) is 6.07 Å². The lowest BCUT2D eigenvalue weighted by atomic mass is 10.3. The summed E-state index contributed by atoms with van der Waals surface area (Å²) in [4.78, 5) is 6.96. The van der Waals surface area contributed by atoms with Gasteiger partial charge in [0.25, 0.3) is 0 Å².